The Labute approximate surface area is 119 Å². The van der Waals surface area contributed by atoms with Crippen LogP contribution >= 0.6 is 0 Å². The number of rotatable bonds is 8. The van der Waals surface area contributed by atoms with Crippen molar-refractivity contribution in [1.82, 2.24) is 0 Å². The Kier molecular flexibility index (Phi) is 7.47. The van der Waals surface area contributed by atoms with Crippen molar-refractivity contribution in [2.24, 2.45) is 22.7 Å². The zero-order chi connectivity index (χ0) is 14.1. The van der Waals surface area contributed by atoms with Gasteiger partial charge in [-0.15, -0.1) is 0 Å². The summed E-state index contributed by atoms with van der Waals surface area (Å²) >= 11 is 0. The van der Waals surface area contributed by atoms with E-state index in [4.69, 9.17) is 0 Å². The second-order valence-corrected chi connectivity index (χ2v) is 6.20. The van der Waals surface area contributed by atoms with Gasteiger partial charge in [0.1, 0.15) is 0 Å². The van der Waals surface area contributed by atoms with Crippen LogP contribution in [0.25, 0.3) is 0 Å². The summed E-state index contributed by atoms with van der Waals surface area (Å²) < 4.78 is 0. The molecule has 0 heterocycles. The van der Waals surface area contributed by atoms with E-state index < -0.39 is 0 Å². The van der Waals surface area contributed by atoms with E-state index in [0.29, 0.717) is 11.8 Å². The van der Waals surface area contributed by atoms with Crippen molar-refractivity contribution in [3.8, 4) is 0 Å². The zero-order valence-electron chi connectivity index (χ0n) is 13.0. The molecule has 0 N–H and O–H groups in total. The number of unbranched alkanes of at least 4 members (excludes halogenated alkanes) is 1. The van der Waals surface area contributed by atoms with E-state index >= 15 is 0 Å². The lowest BCUT2D eigenvalue weighted by molar-refractivity contribution is 0.433. The van der Waals surface area contributed by atoms with Crippen LogP contribution in [0.1, 0.15) is 53.4 Å². The molecule has 1 atom stereocenters. The van der Waals surface area contributed by atoms with E-state index in [9.17, 15) is 0 Å². The predicted molar refractivity (Wildman–Crippen MR) is 86.2 cm³/mol. The van der Waals surface area contributed by atoms with Gasteiger partial charge in [-0.2, -0.15) is 0 Å². The monoisotopic (exact) mass is 259 g/mol. The lowest BCUT2D eigenvalue weighted by Gasteiger charge is -2.16. The smallest absolute Gasteiger partial charge is 0.0625 e. The minimum Gasteiger partial charge on any atom is -0.261 e. The second-order valence-electron chi connectivity index (χ2n) is 6.20. The van der Waals surface area contributed by atoms with Gasteiger partial charge >= 0.3 is 0 Å². The maximum absolute atomic E-state index is 4.62. The summed E-state index contributed by atoms with van der Waals surface area (Å²) in [6.45, 7) is 9.20. The first kappa shape index (κ1) is 15.9. The average Bonchev–Trinajstić information content (AvgIpc) is 2.38. The zero-order valence-corrected chi connectivity index (χ0v) is 13.0. The van der Waals surface area contributed by atoms with Crippen LogP contribution < -0.4 is 0 Å². The Balaban J connectivity index is 2.42. The molecule has 106 valence electrons. The van der Waals surface area contributed by atoms with Crippen molar-refractivity contribution in [3.63, 3.8) is 0 Å². The Morgan fingerprint density at radius 1 is 0.947 bits per heavy atom. The summed E-state index contributed by atoms with van der Waals surface area (Å²) in [7, 11) is 0. The van der Waals surface area contributed by atoms with E-state index in [1.165, 1.54) is 25.7 Å². The van der Waals surface area contributed by atoms with Gasteiger partial charge in [-0.1, -0.05) is 65.2 Å². The van der Waals surface area contributed by atoms with Crippen molar-refractivity contribution in [1.29, 1.82) is 0 Å². The molecule has 0 aliphatic rings. The maximum Gasteiger partial charge on any atom is 0.0625 e. The van der Waals surface area contributed by atoms with E-state index in [1.807, 2.05) is 18.2 Å². The molecule has 0 aromatic heterocycles. The Morgan fingerprint density at radius 2 is 1.58 bits per heavy atom. The number of para-hydroxylation sites is 1. The van der Waals surface area contributed by atoms with Crippen LogP contribution in [0, 0.1) is 17.8 Å². The van der Waals surface area contributed by atoms with Crippen LogP contribution in [-0.4, -0.2) is 6.21 Å². The van der Waals surface area contributed by atoms with Crippen LogP contribution in [0.2, 0.25) is 0 Å². The van der Waals surface area contributed by atoms with Crippen LogP contribution in [0.5, 0.6) is 0 Å². The Morgan fingerprint density at radius 3 is 2.16 bits per heavy atom. The summed E-state index contributed by atoms with van der Waals surface area (Å²) in [5.74, 6) is 2.11. The summed E-state index contributed by atoms with van der Waals surface area (Å²) in [4.78, 5) is 4.62. The molecule has 19 heavy (non-hydrogen) atoms. The molecular weight excluding hydrogens is 230 g/mol. The first-order valence-electron chi connectivity index (χ1n) is 7.69. The summed E-state index contributed by atoms with van der Waals surface area (Å²) in [6, 6.07) is 10.2. The highest BCUT2D eigenvalue weighted by molar-refractivity contribution is 5.65. The number of nitrogens with zero attached hydrogens (tertiary/aromatic N) is 1. The third kappa shape index (κ3) is 7.15. The second kappa shape index (κ2) is 8.90. The van der Waals surface area contributed by atoms with Gasteiger partial charge in [-0.25, -0.2) is 0 Å². The highest BCUT2D eigenvalue weighted by Crippen LogP contribution is 2.20. The molecule has 0 radical (unpaired) electrons. The van der Waals surface area contributed by atoms with Gasteiger partial charge in [0, 0.05) is 6.21 Å². The third-order valence-corrected chi connectivity index (χ3v) is 3.60. The topological polar surface area (TPSA) is 12.4 Å². The maximum atomic E-state index is 4.62. The predicted octanol–water partition coefficient (Wildman–Crippen LogP) is 5.88. The van der Waals surface area contributed by atoms with E-state index in [2.05, 4.69) is 51.0 Å². The van der Waals surface area contributed by atoms with Gasteiger partial charge in [0.2, 0.25) is 0 Å². The summed E-state index contributed by atoms with van der Waals surface area (Å²) in [6.07, 6.45) is 7.44. The number of hydrogen-bond donors (Lipinski definition) is 0. The molecule has 0 bridgehead atoms. The molecule has 0 saturated carbocycles. The minimum atomic E-state index is 0.604. The van der Waals surface area contributed by atoms with Crippen molar-refractivity contribution in [3.05, 3.63) is 30.3 Å². The lowest BCUT2D eigenvalue weighted by Crippen LogP contribution is -2.10. The van der Waals surface area contributed by atoms with E-state index in [0.717, 1.165) is 11.6 Å². The fourth-order valence-electron chi connectivity index (χ4n) is 2.21. The molecule has 1 unspecified atom stereocenters. The van der Waals surface area contributed by atoms with Crippen LogP contribution in [-0.2, 0) is 0 Å². The molecule has 1 nitrogen and oxygen atoms in total. The molecule has 0 fully saturated rings. The van der Waals surface area contributed by atoms with Crippen molar-refractivity contribution in [2.75, 3.05) is 0 Å². The molecule has 1 heteroatoms. The van der Waals surface area contributed by atoms with Crippen molar-refractivity contribution in [2.45, 2.75) is 53.4 Å². The van der Waals surface area contributed by atoms with Crippen molar-refractivity contribution >= 4 is 11.9 Å². The lowest BCUT2D eigenvalue weighted by atomic mass is 9.90. The van der Waals surface area contributed by atoms with E-state index in [1.54, 1.807) is 0 Å². The van der Waals surface area contributed by atoms with Crippen LogP contribution in [0.15, 0.2) is 35.3 Å². The Hall–Kier alpha value is -1.11. The number of benzene rings is 1. The molecule has 0 aliphatic heterocycles. The normalized spacial score (nSPS) is 13.6. The van der Waals surface area contributed by atoms with Gasteiger partial charge in [0.05, 0.1) is 5.69 Å². The Bertz CT molecular complexity index is 351. The van der Waals surface area contributed by atoms with Gasteiger partial charge in [-0.05, 0) is 36.3 Å². The summed E-state index contributed by atoms with van der Waals surface area (Å²) in [5, 5.41) is 0. The molecule has 0 amide bonds. The SMILES string of the molecule is CC(C)CCCCC(/C=N\c1ccccc1)C(C)C. The third-order valence-electron chi connectivity index (χ3n) is 3.60. The standard InChI is InChI=1S/C18H29N/c1-15(2)10-8-9-11-17(16(3)4)14-19-18-12-6-5-7-13-18/h5-7,12-17H,8-11H2,1-4H3/b19-14-. The van der Waals surface area contributed by atoms with Gasteiger partial charge < -0.3 is 0 Å². The quantitative estimate of drug-likeness (QED) is 0.408. The fraction of sp³-hybridized carbons (Fsp3) is 0.611. The average molecular weight is 259 g/mol. The van der Waals surface area contributed by atoms with E-state index in [-0.39, 0.29) is 0 Å². The van der Waals surface area contributed by atoms with Crippen molar-refractivity contribution < 1.29 is 0 Å². The largest absolute Gasteiger partial charge is 0.261 e. The molecular formula is C18H29N. The molecule has 0 aliphatic carbocycles. The highest BCUT2D eigenvalue weighted by atomic mass is 14.7. The van der Waals surface area contributed by atoms with Gasteiger partial charge in [-0.3, -0.25) is 4.99 Å². The molecule has 1 rings (SSSR count). The van der Waals surface area contributed by atoms with Gasteiger partial charge in [0.15, 0.2) is 0 Å². The highest BCUT2D eigenvalue weighted by Gasteiger charge is 2.10. The fourth-order valence-corrected chi connectivity index (χ4v) is 2.21. The first-order valence-corrected chi connectivity index (χ1v) is 7.69. The molecule has 0 spiro atoms. The molecule has 1 aromatic rings. The first-order chi connectivity index (χ1) is 9.09. The van der Waals surface area contributed by atoms with Gasteiger partial charge in [0.25, 0.3) is 0 Å². The van der Waals surface area contributed by atoms with Crippen LogP contribution in [0.4, 0.5) is 5.69 Å². The molecule has 0 saturated heterocycles. The summed E-state index contributed by atoms with van der Waals surface area (Å²) in [5.41, 5.74) is 1.07. The van der Waals surface area contributed by atoms with Crippen LogP contribution in [0.3, 0.4) is 0 Å². The minimum absolute atomic E-state index is 0.604. The number of hydrogen-bond acceptors (Lipinski definition) is 1. The molecule has 1 aromatic carbocycles. The number of aliphatic imine (C=N–C) groups is 1.